The van der Waals surface area contributed by atoms with Gasteiger partial charge < -0.3 is 24.9 Å². The first-order valence-corrected chi connectivity index (χ1v) is 6.94. The van der Waals surface area contributed by atoms with Crippen molar-refractivity contribution in [2.24, 2.45) is 0 Å². The monoisotopic (exact) mass is 312 g/mol. The zero-order chi connectivity index (χ0) is 16.4. The highest BCUT2D eigenvalue weighted by molar-refractivity contribution is 6.11. The van der Waals surface area contributed by atoms with Crippen LogP contribution in [0.15, 0.2) is 46.9 Å². The van der Waals surface area contributed by atoms with E-state index in [-0.39, 0.29) is 5.76 Å². The maximum absolute atomic E-state index is 12.5. The topological polar surface area (TPSA) is 86.7 Å². The van der Waals surface area contributed by atoms with Crippen LogP contribution in [-0.4, -0.2) is 20.1 Å². The van der Waals surface area contributed by atoms with Crippen molar-refractivity contribution >= 4 is 28.3 Å². The molecule has 0 saturated carbocycles. The molecule has 1 aromatic heterocycles. The summed E-state index contributed by atoms with van der Waals surface area (Å²) in [5, 5.41) is 3.45. The van der Waals surface area contributed by atoms with Crippen molar-refractivity contribution in [2.45, 2.75) is 0 Å². The fourth-order valence-electron chi connectivity index (χ4n) is 2.31. The predicted molar refractivity (Wildman–Crippen MR) is 88.1 cm³/mol. The van der Waals surface area contributed by atoms with Crippen molar-refractivity contribution in [3.05, 3.63) is 48.2 Å². The maximum atomic E-state index is 12.5. The lowest BCUT2D eigenvalue weighted by Crippen LogP contribution is -2.13. The highest BCUT2D eigenvalue weighted by atomic mass is 16.5. The van der Waals surface area contributed by atoms with Gasteiger partial charge >= 0.3 is 0 Å². The number of carbonyl (C=O) groups excluding carboxylic acids is 1. The molecule has 23 heavy (non-hydrogen) atoms. The second-order valence-corrected chi connectivity index (χ2v) is 4.86. The maximum Gasteiger partial charge on any atom is 0.293 e. The number of fused-ring (bicyclic) bond motifs is 1. The first-order valence-electron chi connectivity index (χ1n) is 6.94. The van der Waals surface area contributed by atoms with E-state index < -0.39 is 5.91 Å². The molecule has 118 valence electrons. The van der Waals surface area contributed by atoms with Gasteiger partial charge in [-0.3, -0.25) is 4.79 Å². The molecule has 2 aromatic carbocycles. The van der Waals surface area contributed by atoms with E-state index >= 15 is 0 Å². The minimum Gasteiger partial charge on any atom is -0.497 e. The summed E-state index contributed by atoms with van der Waals surface area (Å²) >= 11 is 0. The average molecular weight is 312 g/mol. The van der Waals surface area contributed by atoms with Gasteiger partial charge in [-0.1, -0.05) is 12.1 Å². The normalized spacial score (nSPS) is 10.5. The van der Waals surface area contributed by atoms with Gasteiger partial charge in [-0.15, -0.1) is 0 Å². The fourth-order valence-corrected chi connectivity index (χ4v) is 2.31. The zero-order valence-corrected chi connectivity index (χ0v) is 12.8. The standard InChI is InChI=1S/C17H16N2O4/c1-21-10-7-8-12(14(9-10)22-2)19-17(20)16-15(18)11-5-3-4-6-13(11)23-16/h3-9H,18H2,1-2H3,(H,19,20). The number of ether oxygens (including phenoxy) is 2. The third kappa shape index (κ3) is 2.66. The van der Waals surface area contributed by atoms with Crippen LogP contribution in [0.3, 0.4) is 0 Å². The molecule has 0 atom stereocenters. The number of nitrogens with one attached hydrogen (secondary N) is 1. The molecular weight excluding hydrogens is 296 g/mol. The number of hydrogen-bond donors (Lipinski definition) is 2. The van der Waals surface area contributed by atoms with Crippen molar-refractivity contribution < 1.29 is 18.7 Å². The lowest BCUT2D eigenvalue weighted by Gasteiger charge is -2.11. The summed E-state index contributed by atoms with van der Waals surface area (Å²) in [5.41, 5.74) is 7.38. The van der Waals surface area contributed by atoms with Crippen LogP contribution in [0.2, 0.25) is 0 Å². The van der Waals surface area contributed by atoms with Gasteiger partial charge in [0, 0.05) is 11.5 Å². The Balaban J connectivity index is 1.93. The van der Waals surface area contributed by atoms with Crippen LogP contribution < -0.4 is 20.5 Å². The molecule has 0 aliphatic heterocycles. The third-order valence-corrected chi connectivity index (χ3v) is 3.50. The van der Waals surface area contributed by atoms with Crippen LogP contribution in [0.1, 0.15) is 10.6 Å². The average Bonchev–Trinajstić information content (AvgIpc) is 2.92. The molecule has 0 bridgehead atoms. The summed E-state index contributed by atoms with van der Waals surface area (Å²) in [4.78, 5) is 12.5. The molecule has 1 heterocycles. The number of para-hydroxylation sites is 1. The van der Waals surface area contributed by atoms with Gasteiger partial charge in [0.25, 0.3) is 5.91 Å². The lowest BCUT2D eigenvalue weighted by molar-refractivity contribution is 0.0999. The molecule has 0 saturated heterocycles. The summed E-state index contributed by atoms with van der Waals surface area (Å²) in [6, 6.07) is 12.3. The van der Waals surface area contributed by atoms with Crippen LogP contribution in [0.25, 0.3) is 11.0 Å². The van der Waals surface area contributed by atoms with Gasteiger partial charge in [0.15, 0.2) is 0 Å². The van der Waals surface area contributed by atoms with E-state index in [4.69, 9.17) is 19.6 Å². The van der Waals surface area contributed by atoms with Crippen molar-refractivity contribution in [3.63, 3.8) is 0 Å². The van der Waals surface area contributed by atoms with Gasteiger partial charge in [0.2, 0.25) is 5.76 Å². The van der Waals surface area contributed by atoms with Gasteiger partial charge in [-0.05, 0) is 24.3 Å². The number of nitrogens with two attached hydrogens (primary N) is 1. The Kier molecular flexibility index (Phi) is 3.80. The molecule has 6 heteroatoms. The summed E-state index contributed by atoms with van der Waals surface area (Å²) < 4.78 is 15.9. The number of methoxy groups -OCH3 is 2. The SMILES string of the molecule is COc1ccc(NC(=O)c2oc3ccccc3c2N)c(OC)c1. The number of benzene rings is 2. The second kappa shape index (κ2) is 5.92. The van der Waals surface area contributed by atoms with Crippen LogP contribution in [0.5, 0.6) is 11.5 Å². The molecule has 0 unspecified atom stereocenters. The van der Waals surface area contributed by atoms with E-state index in [0.717, 1.165) is 0 Å². The Labute approximate surface area is 132 Å². The minimum absolute atomic E-state index is 0.0732. The minimum atomic E-state index is -0.442. The predicted octanol–water partition coefficient (Wildman–Crippen LogP) is 3.28. The van der Waals surface area contributed by atoms with E-state index in [1.54, 1.807) is 37.4 Å². The number of amides is 1. The number of nitrogen functional groups attached to an aromatic ring is 1. The number of hydrogen-bond acceptors (Lipinski definition) is 5. The molecule has 0 spiro atoms. The van der Waals surface area contributed by atoms with Crippen molar-refractivity contribution in [1.82, 2.24) is 0 Å². The first kappa shape index (κ1) is 14.8. The highest BCUT2D eigenvalue weighted by Crippen LogP contribution is 2.32. The number of rotatable bonds is 4. The molecule has 0 fully saturated rings. The van der Waals surface area contributed by atoms with Crippen molar-refractivity contribution in [1.29, 1.82) is 0 Å². The highest BCUT2D eigenvalue weighted by Gasteiger charge is 2.19. The van der Waals surface area contributed by atoms with Gasteiger partial charge in [-0.2, -0.15) is 0 Å². The molecule has 0 aliphatic rings. The molecule has 0 aliphatic carbocycles. The zero-order valence-electron chi connectivity index (χ0n) is 12.8. The molecular formula is C17H16N2O4. The number of anilines is 2. The Bertz CT molecular complexity index is 870. The molecule has 1 amide bonds. The van der Waals surface area contributed by atoms with Crippen molar-refractivity contribution in [2.75, 3.05) is 25.3 Å². The quantitative estimate of drug-likeness (QED) is 0.772. The summed E-state index contributed by atoms with van der Waals surface area (Å²) in [5.74, 6) is 0.738. The third-order valence-electron chi connectivity index (χ3n) is 3.50. The summed E-state index contributed by atoms with van der Waals surface area (Å²) in [7, 11) is 3.07. The van der Waals surface area contributed by atoms with Gasteiger partial charge in [0.1, 0.15) is 17.1 Å². The first-order chi connectivity index (χ1) is 11.1. The molecule has 3 aromatic rings. The van der Waals surface area contributed by atoms with Crippen LogP contribution in [0, 0.1) is 0 Å². The summed E-state index contributed by atoms with van der Waals surface area (Å²) in [6.07, 6.45) is 0. The van der Waals surface area contributed by atoms with Crippen LogP contribution in [-0.2, 0) is 0 Å². The number of carbonyl (C=O) groups is 1. The molecule has 0 radical (unpaired) electrons. The lowest BCUT2D eigenvalue weighted by atomic mass is 10.2. The Morgan fingerprint density at radius 3 is 2.61 bits per heavy atom. The summed E-state index contributed by atoms with van der Waals surface area (Å²) in [6.45, 7) is 0. The van der Waals surface area contributed by atoms with Gasteiger partial charge in [-0.25, -0.2) is 0 Å². The molecule has 3 N–H and O–H groups in total. The van der Waals surface area contributed by atoms with E-state index in [9.17, 15) is 4.79 Å². The number of furan rings is 1. The van der Waals surface area contributed by atoms with Crippen LogP contribution in [0.4, 0.5) is 11.4 Å². The van der Waals surface area contributed by atoms with E-state index in [2.05, 4.69) is 5.32 Å². The second-order valence-electron chi connectivity index (χ2n) is 4.86. The fraction of sp³-hybridized carbons (Fsp3) is 0.118. The molecule has 3 rings (SSSR count). The molecule has 6 nitrogen and oxygen atoms in total. The van der Waals surface area contributed by atoms with E-state index in [1.165, 1.54) is 7.11 Å². The van der Waals surface area contributed by atoms with E-state index in [0.29, 0.717) is 33.8 Å². The Morgan fingerprint density at radius 1 is 1.13 bits per heavy atom. The Hall–Kier alpha value is -3.15. The Morgan fingerprint density at radius 2 is 1.91 bits per heavy atom. The van der Waals surface area contributed by atoms with Crippen LogP contribution >= 0.6 is 0 Å². The smallest absolute Gasteiger partial charge is 0.293 e. The van der Waals surface area contributed by atoms with Crippen molar-refractivity contribution in [3.8, 4) is 11.5 Å². The van der Waals surface area contributed by atoms with E-state index in [1.807, 2.05) is 12.1 Å². The largest absolute Gasteiger partial charge is 0.497 e. The van der Waals surface area contributed by atoms with Gasteiger partial charge in [0.05, 0.1) is 25.6 Å².